The second-order valence-electron chi connectivity index (χ2n) is 6.23. The number of guanidine groups is 1. The molecule has 0 aliphatic carbocycles. The highest BCUT2D eigenvalue weighted by Gasteiger charge is 2.18. The van der Waals surface area contributed by atoms with Gasteiger partial charge in [-0.05, 0) is 33.6 Å². The van der Waals surface area contributed by atoms with Gasteiger partial charge in [0.15, 0.2) is 5.96 Å². The average Bonchev–Trinajstić information content (AvgIpc) is 3.05. The Balaban J connectivity index is 1.83. The maximum Gasteiger partial charge on any atom is 0.222 e. The fourth-order valence-corrected chi connectivity index (χ4v) is 2.96. The van der Waals surface area contributed by atoms with Crippen LogP contribution in [0, 0.1) is 13.8 Å². The zero-order valence-electron chi connectivity index (χ0n) is 15.4. The predicted molar refractivity (Wildman–Crippen MR) is 95.9 cm³/mol. The van der Waals surface area contributed by atoms with Crippen molar-refractivity contribution in [1.29, 1.82) is 0 Å². The van der Waals surface area contributed by atoms with Gasteiger partial charge in [-0.25, -0.2) is 4.99 Å². The minimum atomic E-state index is 0.290. The second-order valence-corrected chi connectivity index (χ2v) is 6.23. The first-order valence-corrected chi connectivity index (χ1v) is 8.82. The van der Waals surface area contributed by atoms with Gasteiger partial charge in [0.05, 0.1) is 12.2 Å². The summed E-state index contributed by atoms with van der Waals surface area (Å²) in [5.41, 5.74) is 3.36. The number of aliphatic imine (C=N–C) groups is 1. The van der Waals surface area contributed by atoms with Gasteiger partial charge < -0.3 is 15.5 Å². The molecule has 1 aliphatic heterocycles. The van der Waals surface area contributed by atoms with E-state index in [1.165, 1.54) is 5.56 Å². The first kappa shape index (κ1) is 18.3. The molecule has 1 aromatic heterocycles. The molecule has 0 atom stereocenters. The summed E-state index contributed by atoms with van der Waals surface area (Å²) >= 11 is 0. The molecule has 0 spiro atoms. The molecule has 1 saturated heterocycles. The maximum atomic E-state index is 11.6. The second kappa shape index (κ2) is 8.70. The van der Waals surface area contributed by atoms with E-state index in [4.69, 9.17) is 0 Å². The monoisotopic (exact) mass is 334 g/mol. The minimum Gasteiger partial charge on any atom is -0.357 e. The zero-order valence-corrected chi connectivity index (χ0v) is 15.4. The third-order valence-corrected chi connectivity index (χ3v) is 4.47. The Hall–Kier alpha value is -2.05. The number of carbonyl (C=O) groups excluding carboxylic acids is 1. The quantitative estimate of drug-likeness (QED) is 0.445. The normalized spacial score (nSPS) is 15.2. The van der Waals surface area contributed by atoms with Crippen molar-refractivity contribution in [3.8, 4) is 0 Å². The SMILES string of the molecule is CCNC(=NCc1c(C)nn(C)c1C)NCCCN1CCCC1=O. The van der Waals surface area contributed by atoms with Crippen molar-refractivity contribution >= 4 is 11.9 Å². The Morgan fingerprint density at radius 2 is 2.12 bits per heavy atom. The summed E-state index contributed by atoms with van der Waals surface area (Å²) in [5, 5.41) is 11.0. The molecule has 2 heterocycles. The summed E-state index contributed by atoms with van der Waals surface area (Å²) in [6.45, 7) is 10.1. The fourth-order valence-electron chi connectivity index (χ4n) is 2.96. The number of nitrogens with zero attached hydrogens (tertiary/aromatic N) is 4. The number of nitrogens with one attached hydrogen (secondary N) is 2. The van der Waals surface area contributed by atoms with E-state index in [1.54, 1.807) is 0 Å². The summed E-state index contributed by atoms with van der Waals surface area (Å²) in [6.07, 6.45) is 2.64. The van der Waals surface area contributed by atoms with Gasteiger partial charge in [-0.1, -0.05) is 0 Å². The summed E-state index contributed by atoms with van der Waals surface area (Å²) < 4.78 is 1.90. The van der Waals surface area contributed by atoms with Gasteiger partial charge in [0.25, 0.3) is 0 Å². The molecule has 24 heavy (non-hydrogen) atoms. The maximum absolute atomic E-state index is 11.6. The fraction of sp³-hybridized carbons (Fsp3) is 0.706. The lowest BCUT2D eigenvalue weighted by Crippen LogP contribution is -2.39. The Morgan fingerprint density at radius 3 is 2.71 bits per heavy atom. The van der Waals surface area contributed by atoms with Crippen molar-refractivity contribution in [2.75, 3.05) is 26.2 Å². The largest absolute Gasteiger partial charge is 0.357 e. The molecule has 0 aromatic carbocycles. The molecule has 0 bridgehead atoms. The van der Waals surface area contributed by atoms with Gasteiger partial charge in [0.1, 0.15) is 0 Å². The van der Waals surface area contributed by atoms with Gasteiger partial charge in [-0.15, -0.1) is 0 Å². The smallest absolute Gasteiger partial charge is 0.222 e. The van der Waals surface area contributed by atoms with Crippen LogP contribution in [0.5, 0.6) is 0 Å². The summed E-state index contributed by atoms with van der Waals surface area (Å²) in [7, 11) is 1.96. The van der Waals surface area contributed by atoms with Crippen molar-refractivity contribution in [2.24, 2.45) is 12.0 Å². The van der Waals surface area contributed by atoms with Gasteiger partial charge in [-0.3, -0.25) is 9.48 Å². The van der Waals surface area contributed by atoms with Crippen LogP contribution in [0.4, 0.5) is 0 Å². The molecule has 0 radical (unpaired) electrons. The third kappa shape index (κ3) is 4.72. The number of likely N-dealkylation sites (tertiary alicyclic amines) is 1. The van der Waals surface area contributed by atoms with Crippen LogP contribution in [-0.4, -0.2) is 52.7 Å². The minimum absolute atomic E-state index is 0.290. The van der Waals surface area contributed by atoms with Gasteiger partial charge in [0.2, 0.25) is 5.91 Å². The molecule has 0 unspecified atom stereocenters. The first-order chi connectivity index (χ1) is 11.5. The van der Waals surface area contributed by atoms with Crippen molar-refractivity contribution in [3.05, 3.63) is 17.0 Å². The van der Waals surface area contributed by atoms with Crippen molar-refractivity contribution in [2.45, 2.75) is 46.6 Å². The molecular formula is C17H30N6O. The molecule has 1 aromatic rings. The third-order valence-electron chi connectivity index (χ3n) is 4.47. The van der Waals surface area contributed by atoms with E-state index in [-0.39, 0.29) is 5.91 Å². The van der Waals surface area contributed by atoms with E-state index < -0.39 is 0 Å². The van der Waals surface area contributed by atoms with Crippen LogP contribution in [-0.2, 0) is 18.4 Å². The van der Waals surface area contributed by atoms with Crippen molar-refractivity contribution in [1.82, 2.24) is 25.3 Å². The van der Waals surface area contributed by atoms with Crippen LogP contribution in [0.15, 0.2) is 4.99 Å². The number of hydrogen-bond acceptors (Lipinski definition) is 3. The van der Waals surface area contributed by atoms with E-state index in [1.807, 2.05) is 23.6 Å². The molecule has 2 N–H and O–H groups in total. The van der Waals surface area contributed by atoms with Crippen molar-refractivity contribution in [3.63, 3.8) is 0 Å². The van der Waals surface area contributed by atoms with E-state index in [9.17, 15) is 4.79 Å². The van der Waals surface area contributed by atoms with Gasteiger partial charge in [0, 0.05) is 50.9 Å². The number of aryl methyl sites for hydroxylation is 2. The van der Waals surface area contributed by atoms with Crippen LogP contribution in [0.2, 0.25) is 0 Å². The highest BCUT2D eigenvalue weighted by Crippen LogP contribution is 2.13. The molecule has 1 amide bonds. The molecule has 134 valence electrons. The van der Waals surface area contributed by atoms with Crippen LogP contribution >= 0.6 is 0 Å². The van der Waals surface area contributed by atoms with E-state index in [0.29, 0.717) is 13.0 Å². The molecular weight excluding hydrogens is 304 g/mol. The summed E-state index contributed by atoms with van der Waals surface area (Å²) in [4.78, 5) is 18.2. The molecule has 1 aliphatic rings. The lowest BCUT2D eigenvalue weighted by molar-refractivity contribution is -0.127. The van der Waals surface area contributed by atoms with Crippen LogP contribution in [0.25, 0.3) is 0 Å². The van der Waals surface area contributed by atoms with Gasteiger partial charge in [-0.2, -0.15) is 5.10 Å². The van der Waals surface area contributed by atoms with E-state index >= 15 is 0 Å². The van der Waals surface area contributed by atoms with E-state index in [0.717, 1.165) is 56.4 Å². The lowest BCUT2D eigenvalue weighted by Gasteiger charge is -2.16. The highest BCUT2D eigenvalue weighted by atomic mass is 16.2. The number of carbonyl (C=O) groups is 1. The standard InChI is InChI=1S/C17H30N6O/c1-5-18-17(19-9-7-11-23-10-6-8-16(23)24)20-12-15-13(2)21-22(4)14(15)3/h5-12H2,1-4H3,(H2,18,19,20). The predicted octanol–water partition coefficient (Wildman–Crippen LogP) is 1.10. The first-order valence-electron chi connectivity index (χ1n) is 8.82. The molecule has 1 fully saturated rings. The molecule has 2 rings (SSSR count). The Bertz CT molecular complexity index is 592. The average molecular weight is 334 g/mol. The van der Waals surface area contributed by atoms with Crippen LogP contribution in [0.1, 0.15) is 43.1 Å². The van der Waals surface area contributed by atoms with Crippen molar-refractivity contribution < 1.29 is 4.79 Å². The number of hydrogen-bond donors (Lipinski definition) is 2. The molecule has 0 saturated carbocycles. The number of amides is 1. The lowest BCUT2D eigenvalue weighted by atomic mass is 10.2. The molecule has 7 heteroatoms. The van der Waals surface area contributed by atoms with Crippen LogP contribution < -0.4 is 10.6 Å². The Kier molecular flexibility index (Phi) is 6.63. The topological polar surface area (TPSA) is 74.6 Å². The Morgan fingerprint density at radius 1 is 1.33 bits per heavy atom. The summed E-state index contributed by atoms with van der Waals surface area (Å²) in [5.74, 6) is 1.10. The van der Waals surface area contributed by atoms with E-state index in [2.05, 4.69) is 34.6 Å². The van der Waals surface area contributed by atoms with Gasteiger partial charge >= 0.3 is 0 Å². The number of aromatic nitrogens is 2. The highest BCUT2D eigenvalue weighted by molar-refractivity contribution is 5.80. The Labute approximate surface area is 144 Å². The zero-order chi connectivity index (χ0) is 17.5. The number of rotatable bonds is 7. The summed E-state index contributed by atoms with van der Waals surface area (Å²) in [6, 6.07) is 0. The van der Waals surface area contributed by atoms with Crippen LogP contribution in [0.3, 0.4) is 0 Å². The molecule has 7 nitrogen and oxygen atoms in total.